The summed E-state index contributed by atoms with van der Waals surface area (Å²) in [6, 6.07) is 15.2. The van der Waals surface area contributed by atoms with Crippen LogP contribution in [0.3, 0.4) is 0 Å². The number of nitrogens with zero attached hydrogens (tertiary/aromatic N) is 1. The number of rotatable bonds is 6. The Bertz CT molecular complexity index is 514. The fourth-order valence-electron chi connectivity index (χ4n) is 2.51. The van der Waals surface area contributed by atoms with E-state index >= 15 is 0 Å². The number of thiol groups is 1. The number of hydrogen-bond acceptors (Lipinski definition) is 2. The summed E-state index contributed by atoms with van der Waals surface area (Å²) in [5.41, 5.74) is 1.35. The van der Waals surface area contributed by atoms with Crippen LogP contribution in [0, 0.1) is 5.92 Å². The van der Waals surface area contributed by atoms with Gasteiger partial charge in [0.1, 0.15) is 0 Å². The number of anilines is 1. The largest absolute Gasteiger partial charge is 0.371 e. The summed E-state index contributed by atoms with van der Waals surface area (Å²) < 4.78 is 0. The summed E-state index contributed by atoms with van der Waals surface area (Å²) in [4.78, 5) is 2.48. The lowest BCUT2D eigenvalue weighted by Gasteiger charge is -2.28. The summed E-state index contributed by atoms with van der Waals surface area (Å²) in [6.45, 7) is 6.60. The molecule has 19 heavy (non-hydrogen) atoms. The first-order valence-corrected chi connectivity index (χ1v) is 7.77. The van der Waals surface area contributed by atoms with E-state index in [0.717, 1.165) is 18.8 Å². The molecular weight excluding hydrogens is 250 g/mol. The lowest BCUT2D eigenvalue weighted by molar-refractivity contribution is 0.558. The molecule has 0 saturated heterocycles. The molecule has 102 valence electrons. The molecule has 0 saturated carbocycles. The monoisotopic (exact) mass is 273 g/mol. The Morgan fingerprint density at radius 1 is 1.05 bits per heavy atom. The summed E-state index contributed by atoms with van der Waals surface area (Å²) >= 11 is 4.47. The molecule has 0 aromatic heterocycles. The number of hydrogen-bond donors (Lipinski definition) is 1. The standard InChI is InChI=1S/C17H23NS/c1-3-14(13-19)12-18(4-2)17-11-7-9-15-8-5-6-10-16(15)17/h5-11,14,19H,3-4,12-13H2,1-2H3. The Kier molecular flexibility index (Phi) is 5.15. The molecule has 0 aliphatic heterocycles. The van der Waals surface area contributed by atoms with E-state index in [4.69, 9.17) is 0 Å². The van der Waals surface area contributed by atoms with Crippen LogP contribution in [-0.2, 0) is 0 Å². The molecule has 0 fully saturated rings. The van der Waals surface area contributed by atoms with Gasteiger partial charge in [-0.25, -0.2) is 0 Å². The second-order valence-corrected chi connectivity index (χ2v) is 5.36. The Balaban J connectivity index is 2.35. The van der Waals surface area contributed by atoms with Gasteiger partial charge in [0.15, 0.2) is 0 Å². The van der Waals surface area contributed by atoms with E-state index in [1.807, 2.05) is 0 Å². The SMILES string of the molecule is CCC(CS)CN(CC)c1cccc2ccccc12. The van der Waals surface area contributed by atoms with E-state index in [1.54, 1.807) is 0 Å². The molecule has 0 spiro atoms. The van der Waals surface area contributed by atoms with E-state index in [9.17, 15) is 0 Å². The molecular formula is C17H23NS. The lowest BCUT2D eigenvalue weighted by atomic mass is 10.1. The molecule has 2 rings (SSSR count). The molecule has 0 N–H and O–H groups in total. The molecule has 0 aliphatic rings. The predicted molar refractivity (Wildman–Crippen MR) is 89.5 cm³/mol. The second kappa shape index (κ2) is 6.85. The van der Waals surface area contributed by atoms with Crippen LogP contribution in [0.25, 0.3) is 10.8 Å². The lowest BCUT2D eigenvalue weighted by Crippen LogP contribution is -2.30. The number of fused-ring (bicyclic) bond motifs is 1. The maximum atomic E-state index is 4.47. The first-order valence-electron chi connectivity index (χ1n) is 7.13. The van der Waals surface area contributed by atoms with Crippen molar-refractivity contribution in [1.29, 1.82) is 0 Å². The van der Waals surface area contributed by atoms with E-state index in [0.29, 0.717) is 5.92 Å². The van der Waals surface area contributed by atoms with Gasteiger partial charge in [-0.3, -0.25) is 0 Å². The van der Waals surface area contributed by atoms with Crippen molar-refractivity contribution in [2.75, 3.05) is 23.7 Å². The van der Waals surface area contributed by atoms with Crippen LogP contribution in [0.4, 0.5) is 5.69 Å². The van der Waals surface area contributed by atoms with Crippen molar-refractivity contribution >= 4 is 29.1 Å². The third-order valence-electron chi connectivity index (χ3n) is 3.80. The molecule has 0 heterocycles. The minimum atomic E-state index is 0.655. The van der Waals surface area contributed by atoms with Crippen LogP contribution in [0.15, 0.2) is 42.5 Å². The molecule has 1 atom stereocenters. The van der Waals surface area contributed by atoms with Crippen LogP contribution >= 0.6 is 12.6 Å². The van der Waals surface area contributed by atoms with Crippen molar-refractivity contribution in [3.8, 4) is 0 Å². The second-order valence-electron chi connectivity index (χ2n) is 4.99. The van der Waals surface area contributed by atoms with E-state index in [2.05, 4.69) is 73.8 Å². The highest BCUT2D eigenvalue weighted by atomic mass is 32.1. The summed E-state index contributed by atoms with van der Waals surface area (Å²) in [7, 11) is 0. The quantitative estimate of drug-likeness (QED) is 0.751. The predicted octanol–water partition coefficient (Wildman–Crippen LogP) is 4.62. The van der Waals surface area contributed by atoms with Gasteiger partial charge < -0.3 is 4.90 Å². The zero-order chi connectivity index (χ0) is 13.7. The molecule has 1 unspecified atom stereocenters. The Morgan fingerprint density at radius 2 is 1.79 bits per heavy atom. The van der Waals surface area contributed by atoms with Crippen LogP contribution in [-0.4, -0.2) is 18.8 Å². The Morgan fingerprint density at radius 3 is 2.47 bits per heavy atom. The van der Waals surface area contributed by atoms with Crippen LogP contribution < -0.4 is 4.90 Å². The topological polar surface area (TPSA) is 3.24 Å². The maximum absolute atomic E-state index is 4.47. The normalized spacial score (nSPS) is 12.6. The molecule has 2 heteroatoms. The van der Waals surface area contributed by atoms with Crippen molar-refractivity contribution in [3.05, 3.63) is 42.5 Å². The van der Waals surface area contributed by atoms with Gasteiger partial charge in [-0.15, -0.1) is 0 Å². The maximum Gasteiger partial charge on any atom is 0.0445 e. The molecule has 0 amide bonds. The minimum absolute atomic E-state index is 0.655. The van der Waals surface area contributed by atoms with Gasteiger partial charge >= 0.3 is 0 Å². The van der Waals surface area contributed by atoms with Gasteiger partial charge in [0.05, 0.1) is 0 Å². The first kappa shape index (κ1) is 14.3. The van der Waals surface area contributed by atoms with Gasteiger partial charge in [-0.2, -0.15) is 12.6 Å². The van der Waals surface area contributed by atoms with Crippen molar-refractivity contribution in [2.24, 2.45) is 5.92 Å². The Labute approximate surface area is 122 Å². The molecule has 0 radical (unpaired) electrons. The van der Waals surface area contributed by atoms with Crippen molar-refractivity contribution in [3.63, 3.8) is 0 Å². The van der Waals surface area contributed by atoms with Gasteiger partial charge in [-0.1, -0.05) is 49.7 Å². The third kappa shape index (κ3) is 3.24. The average molecular weight is 273 g/mol. The van der Waals surface area contributed by atoms with Gasteiger partial charge in [0, 0.05) is 24.2 Å². The summed E-state index contributed by atoms with van der Waals surface area (Å²) in [5.74, 6) is 1.61. The molecule has 2 aromatic rings. The Hall–Kier alpha value is -1.15. The zero-order valence-electron chi connectivity index (χ0n) is 11.8. The van der Waals surface area contributed by atoms with Gasteiger partial charge in [0.2, 0.25) is 0 Å². The van der Waals surface area contributed by atoms with Gasteiger partial charge in [-0.05, 0) is 30.0 Å². The summed E-state index contributed by atoms with van der Waals surface area (Å²) in [6.07, 6.45) is 1.19. The van der Waals surface area contributed by atoms with E-state index in [1.165, 1.54) is 22.9 Å². The van der Waals surface area contributed by atoms with Crippen LogP contribution in [0.2, 0.25) is 0 Å². The highest BCUT2D eigenvalue weighted by molar-refractivity contribution is 7.80. The fourth-order valence-corrected chi connectivity index (χ4v) is 2.88. The third-order valence-corrected chi connectivity index (χ3v) is 4.32. The van der Waals surface area contributed by atoms with Crippen molar-refractivity contribution in [2.45, 2.75) is 20.3 Å². The molecule has 1 nitrogen and oxygen atoms in total. The zero-order valence-corrected chi connectivity index (χ0v) is 12.7. The van der Waals surface area contributed by atoms with E-state index < -0.39 is 0 Å². The molecule has 0 aliphatic carbocycles. The average Bonchev–Trinajstić information content (AvgIpc) is 2.48. The van der Waals surface area contributed by atoms with E-state index in [-0.39, 0.29) is 0 Å². The number of benzene rings is 2. The van der Waals surface area contributed by atoms with Crippen molar-refractivity contribution in [1.82, 2.24) is 0 Å². The smallest absolute Gasteiger partial charge is 0.0445 e. The summed E-state index contributed by atoms with van der Waals surface area (Å²) in [5, 5.41) is 2.67. The van der Waals surface area contributed by atoms with Crippen LogP contribution in [0.5, 0.6) is 0 Å². The fraction of sp³-hybridized carbons (Fsp3) is 0.412. The highest BCUT2D eigenvalue weighted by Crippen LogP contribution is 2.27. The minimum Gasteiger partial charge on any atom is -0.371 e. The van der Waals surface area contributed by atoms with Gasteiger partial charge in [0.25, 0.3) is 0 Å². The highest BCUT2D eigenvalue weighted by Gasteiger charge is 2.12. The van der Waals surface area contributed by atoms with Crippen molar-refractivity contribution < 1.29 is 0 Å². The molecule has 2 aromatic carbocycles. The van der Waals surface area contributed by atoms with Crippen LogP contribution in [0.1, 0.15) is 20.3 Å². The molecule has 0 bridgehead atoms. The first-order chi connectivity index (χ1) is 9.30.